The summed E-state index contributed by atoms with van der Waals surface area (Å²) in [4.78, 5) is 14.0. The van der Waals surface area contributed by atoms with E-state index in [1.54, 1.807) is 0 Å². The van der Waals surface area contributed by atoms with Crippen molar-refractivity contribution in [1.29, 1.82) is 0 Å². The molecule has 0 aromatic rings. The monoisotopic (exact) mass is 307 g/mol. The summed E-state index contributed by atoms with van der Waals surface area (Å²) >= 11 is 0. The van der Waals surface area contributed by atoms with Crippen LogP contribution < -0.4 is 0 Å². The minimum atomic E-state index is 0.381. The molecule has 3 rings (SSSR count). The fraction of sp³-hybridized carbons (Fsp3) is 0.947. The average Bonchev–Trinajstić information content (AvgIpc) is 2.99. The lowest BCUT2D eigenvalue weighted by Crippen LogP contribution is -2.45. The van der Waals surface area contributed by atoms with Crippen LogP contribution in [0.4, 0.5) is 0 Å². The molecule has 3 nitrogen and oxygen atoms in total. The van der Waals surface area contributed by atoms with Gasteiger partial charge in [0.25, 0.3) is 0 Å². The minimum Gasteiger partial charge on any atom is -0.377 e. The van der Waals surface area contributed by atoms with E-state index in [1.807, 2.05) is 0 Å². The third-order valence-corrected chi connectivity index (χ3v) is 6.01. The molecule has 2 atom stereocenters. The molecule has 0 spiro atoms. The maximum absolute atomic E-state index is 11.6. The Morgan fingerprint density at radius 1 is 1.00 bits per heavy atom. The van der Waals surface area contributed by atoms with Gasteiger partial charge in [-0.15, -0.1) is 0 Å². The molecule has 1 aliphatic heterocycles. The normalized spacial score (nSPS) is 31.7. The van der Waals surface area contributed by atoms with E-state index in [-0.39, 0.29) is 0 Å². The topological polar surface area (TPSA) is 29.5 Å². The van der Waals surface area contributed by atoms with Gasteiger partial charge in [-0.2, -0.15) is 0 Å². The van der Waals surface area contributed by atoms with Crippen LogP contribution in [0.25, 0.3) is 0 Å². The number of carbonyl (C=O) groups is 1. The maximum atomic E-state index is 11.6. The Balaban J connectivity index is 1.38. The summed E-state index contributed by atoms with van der Waals surface area (Å²) < 4.78 is 6.28. The van der Waals surface area contributed by atoms with Crippen molar-refractivity contribution in [3.05, 3.63) is 0 Å². The second-order valence-corrected chi connectivity index (χ2v) is 7.67. The summed E-state index contributed by atoms with van der Waals surface area (Å²) in [5.41, 5.74) is 0. The van der Waals surface area contributed by atoms with Gasteiger partial charge in [0.1, 0.15) is 5.78 Å². The number of hydrogen-bond donors (Lipinski definition) is 0. The van der Waals surface area contributed by atoms with E-state index in [9.17, 15) is 4.79 Å². The van der Waals surface area contributed by atoms with Crippen LogP contribution in [0.3, 0.4) is 0 Å². The van der Waals surface area contributed by atoms with Gasteiger partial charge in [0.05, 0.1) is 12.6 Å². The number of nitrogens with zero attached hydrogens (tertiary/aromatic N) is 1. The maximum Gasteiger partial charge on any atom is 0.148 e. The highest BCUT2D eigenvalue weighted by molar-refractivity contribution is 5.82. The van der Waals surface area contributed by atoms with Crippen LogP contribution in [0.1, 0.15) is 77.0 Å². The van der Waals surface area contributed by atoms with Crippen molar-refractivity contribution in [2.45, 2.75) is 89.2 Å². The number of ketones is 1. The Bertz CT molecular complexity index is 351. The molecule has 0 bridgehead atoms. The first kappa shape index (κ1) is 16.4. The molecule has 3 fully saturated rings. The molecule has 0 amide bonds. The molecule has 1 saturated heterocycles. The second-order valence-electron chi connectivity index (χ2n) is 7.67. The Kier molecular flexibility index (Phi) is 6.31. The van der Waals surface area contributed by atoms with E-state index in [1.165, 1.54) is 70.6 Å². The van der Waals surface area contributed by atoms with E-state index in [4.69, 9.17) is 4.74 Å². The summed E-state index contributed by atoms with van der Waals surface area (Å²) in [6.07, 6.45) is 16.0. The van der Waals surface area contributed by atoms with Gasteiger partial charge in [0.15, 0.2) is 0 Å². The summed E-state index contributed by atoms with van der Waals surface area (Å²) in [6.45, 7) is 2.57. The SMILES string of the molecule is O=C1CCN([C@@H]2CCCC[C@H]2OCCCC2CCCCC2)C1. The van der Waals surface area contributed by atoms with Crippen LogP contribution in [-0.4, -0.2) is 42.5 Å². The average molecular weight is 307 g/mol. The van der Waals surface area contributed by atoms with Crippen LogP contribution >= 0.6 is 0 Å². The highest BCUT2D eigenvalue weighted by atomic mass is 16.5. The standard InChI is InChI=1S/C19H33NO2/c21-17-12-13-20(15-17)18-10-4-5-11-19(18)22-14-6-9-16-7-2-1-3-8-16/h16,18-19H,1-15H2/t18-,19-/m1/s1. The zero-order chi connectivity index (χ0) is 15.2. The number of carbonyl (C=O) groups excluding carboxylic acids is 1. The summed E-state index contributed by atoms with van der Waals surface area (Å²) in [5, 5.41) is 0. The minimum absolute atomic E-state index is 0.381. The number of ether oxygens (including phenoxy) is 1. The first-order valence-corrected chi connectivity index (χ1v) is 9.70. The molecule has 22 heavy (non-hydrogen) atoms. The highest BCUT2D eigenvalue weighted by Gasteiger charge is 2.34. The number of hydrogen-bond acceptors (Lipinski definition) is 3. The predicted octanol–water partition coefficient (Wildman–Crippen LogP) is 3.95. The molecule has 126 valence electrons. The Morgan fingerprint density at radius 3 is 2.55 bits per heavy atom. The van der Waals surface area contributed by atoms with Crippen molar-refractivity contribution in [2.75, 3.05) is 19.7 Å². The van der Waals surface area contributed by atoms with Crippen LogP contribution in [0.2, 0.25) is 0 Å². The third-order valence-electron chi connectivity index (χ3n) is 6.01. The smallest absolute Gasteiger partial charge is 0.148 e. The van der Waals surface area contributed by atoms with Crippen molar-refractivity contribution < 1.29 is 9.53 Å². The number of rotatable bonds is 6. The molecule has 0 unspecified atom stereocenters. The van der Waals surface area contributed by atoms with Gasteiger partial charge in [0, 0.05) is 25.6 Å². The molecule has 1 heterocycles. The van der Waals surface area contributed by atoms with Gasteiger partial charge in [-0.05, 0) is 31.6 Å². The molecule has 0 N–H and O–H groups in total. The zero-order valence-electron chi connectivity index (χ0n) is 14.1. The number of likely N-dealkylation sites (tertiary alicyclic amines) is 1. The van der Waals surface area contributed by atoms with Crippen molar-refractivity contribution in [2.24, 2.45) is 5.92 Å². The van der Waals surface area contributed by atoms with Crippen LogP contribution in [0.15, 0.2) is 0 Å². The van der Waals surface area contributed by atoms with E-state index >= 15 is 0 Å². The van der Waals surface area contributed by atoms with Gasteiger partial charge >= 0.3 is 0 Å². The Hall–Kier alpha value is -0.410. The van der Waals surface area contributed by atoms with Crippen LogP contribution in [0.5, 0.6) is 0 Å². The van der Waals surface area contributed by atoms with Crippen LogP contribution in [0, 0.1) is 5.92 Å². The Morgan fingerprint density at radius 2 is 1.77 bits per heavy atom. The largest absolute Gasteiger partial charge is 0.377 e. The molecular formula is C19H33NO2. The molecular weight excluding hydrogens is 274 g/mol. The van der Waals surface area contributed by atoms with Crippen molar-refractivity contribution >= 4 is 5.78 Å². The predicted molar refractivity (Wildman–Crippen MR) is 89.0 cm³/mol. The van der Waals surface area contributed by atoms with E-state index in [2.05, 4.69) is 4.90 Å². The molecule has 0 aromatic heterocycles. The highest BCUT2D eigenvalue weighted by Crippen LogP contribution is 2.29. The van der Waals surface area contributed by atoms with Crippen molar-refractivity contribution in [3.8, 4) is 0 Å². The van der Waals surface area contributed by atoms with E-state index in [0.29, 0.717) is 24.5 Å². The van der Waals surface area contributed by atoms with E-state index in [0.717, 1.165) is 25.5 Å². The molecule has 3 aliphatic rings. The van der Waals surface area contributed by atoms with Gasteiger partial charge in [-0.1, -0.05) is 44.9 Å². The summed E-state index contributed by atoms with van der Waals surface area (Å²) in [6, 6.07) is 0.509. The fourth-order valence-corrected chi connectivity index (χ4v) is 4.71. The lowest BCUT2D eigenvalue weighted by atomic mass is 9.86. The zero-order valence-corrected chi connectivity index (χ0v) is 14.1. The van der Waals surface area contributed by atoms with Gasteiger partial charge in [0.2, 0.25) is 0 Å². The quantitative estimate of drug-likeness (QED) is 0.696. The van der Waals surface area contributed by atoms with Crippen molar-refractivity contribution in [3.63, 3.8) is 0 Å². The number of Topliss-reactive ketones (excluding diaryl/α,β-unsaturated/α-hetero) is 1. The van der Waals surface area contributed by atoms with Gasteiger partial charge < -0.3 is 4.74 Å². The first-order chi connectivity index (χ1) is 10.8. The molecule has 0 radical (unpaired) electrons. The molecule has 2 saturated carbocycles. The molecule has 0 aromatic carbocycles. The lowest BCUT2D eigenvalue weighted by Gasteiger charge is -2.37. The third kappa shape index (κ3) is 4.55. The molecule has 3 heteroatoms. The fourth-order valence-electron chi connectivity index (χ4n) is 4.71. The van der Waals surface area contributed by atoms with Gasteiger partial charge in [-0.25, -0.2) is 0 Å². The molecule has 2 aliphatic carbocycles. The Labute approximate surface area is 135 Å². The summed E-state index contributed by atoms with van der Waals surface area (Å²) in [5.74, 6) is 1.39. The lowest BCUT2D eigenvalue weighted by molar-refractivity contribution is -0.117. The van der Waals surface area contributed by atoms with Gasteiger partial charge in [-0.3, -0.25) is 9.69 Å². The van der Waals surface area contributed by atoms with E-state index < -0.39 is 0 Å². The van der Waals surface area contributed by atoms with Crippen LogP contribution in [-0.2, 0) is 9.53 Å². The first-order valence-electron chi connectivity index (χ1n) is 9.70. The van der Waals surface area contributed by atoms with Crippen molar-refractivity contribution in [1.82, 2.24) is 4.90 Å². The second kappa shape index (κ2) is 8.44. The summed E-state index contributed by atoms with van der Waals surface area (Å²) in [7, 11) is 0.